The number of primary amides is 2. The van der Waals surface area contributed by atoms with Crippen molar-refractivity contribution < 1.29 is 29.4 Å². The van der Waals surface area contributed by atoms with Crippen molar-refractivity contribution in [3.8, 4) is 11.5 Å². The number of hydrogen-bond donors (Lipinski definition) is 5. The van der Waals surface area contributed by atoms with Crippen LogP contribution in [0.3, 0.4) is 0 Å². The van der Waals surface area contributed by atoms with E-state index in [2.05, 4.69) is 0 Å². The van der Waals surface area contributed by atoms with Gasteiger partial charge in [0.25, 0.3) is 17.7 Å². The first-order chi connectivity index (χ1) is 10.8. The summed E-state index contributed by atoms with van der Waals surface area (Å²) in [6.07, 6.45) is 0. The third kappa shape index (κ3) is 1.73. The first kappa shape index (κ1) is 14.3. The molecule has 116 valence electrons. The molecule has 0 saturated heterocycles. The highest BCUT2D eigenvalue weighted by atomic mass is 16.3. The van der Waals surface area contributed by atoms with Crippen LogP contribution in [0.15, 0.2) is 12.1 Å². The van der Waals surface area contributed by atoms with E-state index in [1.807, 2.05) is 5.32 Å². The number of nitrogens with two attached hydrogens (primary N) is 2. The molecule has 0 saturated carbocycles. The molecule has 23 heavy (non-hydrogen) atoms. The van der Waals surface area contributed by atoms with Crippen molar-refractivity contribution in [3.63, 3.8) is 0 Å². The van der Waals surface area contributed by atoms with E-state index in [1.54, 1.807) is 0 Å². The number of phenolic OH excluding ortho intramolecular Hbond substituents is 1. The molecule has 1 heterocycles. The second-order valence-corrected chi connectivity index (χ2v) is 4.87. The minimum absolute atomic E-state index is 0.0719. The predicted molar refractivity (Wildman–Crippen MR) is 76.1 cm³/mol. The molecule has 0 aromatic heterocycles. The van der Waals surface area contributed by atoms with Gasteiger partial charge in [-0.3, -0.25) is 24.5 Å². The second-order valence-electron chi connectivity index (χ2n) is 4.87. The Labute approximate surface area is 127 Å². The molecule has 0 radical (unpaired) electrons. The number of hydrogen-bond acceptors (Lipinski definition) is 6. The van der Waals surface area contributed by atoms with E-state index in [1.165, 1.54) is 12.1 Å². The van der Waals surface area contributed by atoms with Gasteiger partial charge in [0.1, 0.15) is 0 Å². The van der Waals surface area contributed by atoms with Gasteiger partial charge in [-0.25, -0.2) is 0 Å². The molecule has 2 aromatic carbocycles. The summed E-state index contributed by atoms with van der Waals surface area (Å²) in [5.41, 5.74) is 9.11. The maximum Gasteiger partial charge on any atom is 0.262 e. The molecular weight excluding hydrogens is 306 g/mol. The Kier molecular flexibility index (Phi) is 2.76. The molecule has 3 rings (SSSR count). The van der Waals surface area contributed by atoms with Crippen molar-refractivity contribution in [1.29, 1.82) is 0 Å². The van der Waals surface area contributed by atoms with E-state index >= 15 is 0 Å². The molecule has 7 N–H and O–H groups in total. The fraction of sp³-hybridized carbons (Fsp3) is 0. The van der Waals surface area contributed by atoms with Crippen molar-refractivity contribution in [2.24, 2.45) is 11.5 Å². The molecule has 0 aliphatic carbocycles. The van der Waals surface area contributed by atoms with Crippen LogP contribution in [0, 0.1) is 0 Å². The zero-order chi connectivity index (χ0) is 17.0. The monoisotopic (exact) mass is 315 g/mol. The van der Waals surface area contributed by atoms with Crippen LogP contribution in [0.25, 0.3) is 10.8 Å². The summed E-state index contributed by atoms with van der Waals surface area (Å²) >= 11 is 0. The van der Waals surface area contributed by atoms with Crippen LogP contribution in [-0.4, -0.2) is 33.8 Å². The van der Waals surface area contributed by atoms with Crippen molar-refractivity contribution >= 4 is 34.4 Å². The zero-order valence-electron chi connectivity index (χ0n) is 11.3. The summed E-state index contributed by atoms with van der Waals surface area (Å²) < 4.78 is 0. The van der Waals surface area contributed by atoms with Gasteiger partial charge < -0.3 is 21.7 Å². The molecule has 0 bridgehead atoms. The highest BCUT2D eigenvalue weighted by molar-refractivity contribution is 6.31. The lowest BCUT2D eigenvalue weighted by atomic mass is 9.87. The summed E-state index contributed by atoms with van der Waals surface area (Å²) in [5.74, 6) is -5.79. The molecule has 0 spiro atoms. The number of imide groups is 1. The van der Waals surface area contributed by atoms with E-state index in [-0.39, 0.29) is 21.9 Å². The Balaban J connectivity index is 2.72. The van der Waals surface area contributed by atoms with E-state index in [4.69, 9.17) is 11.5 Å². The van der Waals surface area contributed by atoms with Crippen LogP contribution in [0.2, 0.25) is 0 Å². The fourth-order valence-corrected chi connectivity index (χ4v) is 2.68. The van der Waals surface area contributed by atoms with Gasteiger partial charge in [-0.1, -0.05) is 0 Å². The van der Waals surface area contributed by atoms with E-state index in [0.717, 1.165) is 0 Å². The van der Waals surface area contributed by atoms with Crippen LogP contribution in [-0.2, 0) is 0 Å². The predicted octanol–water partition coefficient (Wildman–Crippen LogP) is -0.668. The van der Waals surface area contributed by atoms with E-state index < -0.39 is 46.3 Å². The van der Waals surface area contributed by atoms with Crippen molar-refractivity contribution in [2.75, 3.05) is 0 Å². The van der Waals surface area contributed by atoms with Crippen LogP contribution >= 0.6 is 0 Å². The number of carbonyl (C=O) groups is 4. The highest BCUT2D eigenvalue weighted by Crippen LogP contribution is 2.43. The average molecular weight is 315 g/mol. The number of carbonyl (C=O) groups excluding carboxylic acids is 4. The highest BCUT2D eigenvalue weighted by Gasteiger charge is 2.34. The van der Waals surface area contributed by atoms with Gasteiger partial charge in [0.15, 0.2) is 11.5 Å². The van der Waals surface area contributed by atoms with Gasteiger partial charge in [-0.15, -0.1) is 0 Å². The number of aromatic hydroxyl groups is 2. The van der Waals surface area contributed by atoms with E-state index in [0.29, 0.717) is 0 Å². The largest absolute Gasteiger partial charge is 0.504 e. The lowest BCUT2D eigenvalue weighted by molar-refractivity contribution is 0.0840. The van der Waals surface area contributed by atoms with Gasteiger partial charge in [0.2, 0.25) is 5.91 Å². The molecule has 1 aliphatic rings. The van der Waals surface area contributed by atoms with Crippen LogP contribution in [0.1, 0.15) is 41.4 Å². The fourth-order valence-electron chi connectivity index (χ4n) is 2.68. The Morgan fingerprint density at radius 1 is 0.913 bits per heavy atom. The van der Waals surface area contributed by atoms with Crippen LogP contribution < -0.4 is 16.8 Å². The lowest BCUT2D eigenvalue weighted by Gasteiger charge is -2.21. The normalized spacial score (nSPS) is 13.0. The van der Waals surface area contributed by atoms with Crippen molar-refractivity contribution in [2.45, 2.75) is 0 Å². The molecule has 4 amide bonds. The Hall–Kier alpha value is -3.62. The second kappa shape index (κ2) is 4.44. The molecule has 0 atom stereocenters. The maximum atomic E-state index is 12.0. The van der Waals surface area contributed by atoms with E-state index in [9.17, 15) is 29.4 Å². The maximum absolute atomic E-state index is 12.0. The van der Waals surface area contributed by atoms with Gasteiger partial charge in [0.05, 0.1) is 11.1 Å². The summed E-state index contributed by atoms with van der Waals surface area (Å²) in [6, 6.07) is 2.39. The summed E-state index contributed by atoms with van der Waals surface area (Å²) in [6.45, 7) is 0. The van der Waals surface area contributed by atoms with Gasteiger partial charge >= 0.3 is 0 Å². The molecule has 0 unspecified atom stereocenters. The number of amides is 4. The third-order valence-electron chi connectivity index (χ3n) is 3.61. The smallest absolute Gasteiger partial charge is 0.262 e. The third-order valence-corrected chi connectivity index (χ3v) is 3.61. The first-order valence-corrected chi connectivity index (χ1v) is 6.25. The Morgan fingerprint density at radius 2 is 1.57 bits per heavy atom. The van der Waals surface area contributed by atoms with Crippen LogP contribution in [0.4, 0.5) is 0 Å². The first-order valence-electron chi connectivity index (χ1n) is 6.25. The molecule has 2 aromatic rings. The van der Waals surface area contributed by atoms with Crippen LogP contribution in [0.5, 0.6) is 11.5 Å². The molecule has 9 heteroatoms. The molecule has 9 nitrogen and oxygen atoms in total. The minimum atomic E-state index is -1.16. The molecule has 1 aliphatic heterocycles. The summed E-state index contributed by atoms with van der Waals surface area (Å²) in [7, 11) is 0. The standard InChI is InChI=1S/C14H9N3O6/c15-11(20)3-1-2-4-6-5(3)7(12(16)21)9(18)10(19)8(6)14(23)17-13(4)22/h1-2,18-19H,(H2,15,20)(H2,16,21)(H,17,22,23). The SMILES string of the molecule is NC(=O)c1ccc2c3c(c(O)c(O)c(C(N)=O)c13)C(=O)NC2=O. The minimum Gasteiger partial charge on any atom is -0.504 e. The van der Waals surface area contributed by atoms with Gasteiger partial charge in [0, 0.05) is 21.9 Å². The summed E-state index contributed by atoms with van der Waals surface area (Å²) in [4.78, 5) is 47.2. The number of rotatable bonds is 2. The summed E-state index contributed by atoms with van der Waals surface area (Å²) in [5, 5.41) is 21.6. The average Bonchev–Trinajstić information content (AvgIpc) is 2.45. The van der Waals surface area contributed by atoms with Crippen molar-refractivity contribution in [3.05, 3.63) is 34.4 Å². The molecule has 0 fully saturated rings. The Morgan fingerprint density at radius 3 is 2.13 bits per heavy atom. The lowest BCUT2D eigenvalue weighted by Crippen LogP contribution is -2.35. The quantitative estimate of drug-likeness (QED) is 0.363. The zero-order valence-corrected chi connectivity index (χ0v) is 11.3. The van der Waals surface area contributed by atoms with Gasteiger partial charge in [-0.2, -0.15) is 0 Å². The van der Waals surface area contributed by atoms with Crippen molar-refractivity contribution in [1.82, 2.24) is 5.32 Å². The molecular formula is C14H9N3O6. The number of benzene rings is 2. The Bertz CT molecular complexity index is 963. The topological polar surface area (TPSA) is 173 Å². The number of nitrogens with one attached hydrogen (secondary N) is 1. The van der Waals surface area contributed by atoms with Gasteiger partial charge in [-0.05, 0) is 12.1 Å². The number of phenols is 2.